The predicted molar refractivity (Wildman–Crippen MR) is 125 cm³/mol. The van der Waals surface area contributed by atoms with Gasteiger partial charge in [-0.3, -0.25) is 9.59 Å². The van der Waals surface area contributed by atoms with Gasteiger partial charge in [0.15, 0.2) is 0 Å². The van der Waals surface area contributed by atoms with Crippen LogP contribution in [0.5, 0.6) is 0 Å². The summed E-state index contributed by atoms with van der Waals surface area (Å²) in [6, 6.07) is 20.9. The van der Waals surface area contributed by atoms with Crippen LogP contribution in [0.25, 0.3) is 0 Å². The molecule has 1 unspecified atom stereocenters. The van der Waals surface area contributed by atoms with Gasteiger partial charge in [0.05, 0.1) is 5.25 Å². The standard InChI is InChI=1S/C25H26N2O2S/c1-16-8-10-20(11-9-16)25(29)26-21-12-14-22(15-13-21)30-19(4)24(28)27-23-7-5-6-17(2)18(23)3/h5-15,19H,1-4H3,(H,26,29)(H,27,28). The van der Waals surface area contributed by atoms with Crippen LogP contribution in [0, 0.1) is 20.8 Å². The van der Waals surface area contributed by atoms with Crippen molar-refractivity contribution in [2.75, 3.05) is 10.6 Å². The second-order valence-electron chi connectivity index (χ2n) is 7.34. The summed E-state index contributed by atoms with van der Waals surface area (Å²) in [5, 5.41) is 5.66. The lowest BCUT2D eigenvalue weighted by Gasteiger charge is -2.15. The Morgan fingerprint density at radius 1 is 0.833 bits per heavy atom. The maximum Gasteiger partial charge on any atom is 0.255 e. The van der Waals surface area contributed by atoms with E-state index in [0.29, 0.717) is 5.56 Å². The van der Waals surface area contributed by atoms with Gasteiger partial charge in [0.1, 0.15) is 0 Å². The number of hydrogen-bond donors (Lipinski definition) is 2. The number of nitrogens with one attached hydrogen (secondary N) is 2. The van der Waals surface area contributed by atoms with Gasteiger partial charge in [-0.15, -0.1) is 11.8 Å². The van der Waals surface area contributed by atoms with Gasteiger partial charge < -0.3 is 10.6 Å². The number of carbonyl (C=O) groups excluding carboxylic acids is 2. The molecule has 4 nitrogen and oxygen atoms in total. The van der Waals surface area contributed by atoms with Crippen LogP contribution in [0.3, 0.4) is 0 Å². The normalized spacial score (nSPS) is 11.6. The van der Waals surface area contributed by atoms with E-state index in [1.165, 1.54) is 11.8 Å². The number of benzene rings is 3. The lowest BCUT2D eigenvalue weighted by molar-refractivity contribution is -0.115. The Labute approximate surface area is 182 Å². The summed E-state index contributed by atoms with van der Waals surface area (Å²) < 4.78 is 0. The highest BCUT2D eigenvalue weighted by Crippen LogP contribution is 2.26. The first-order chi connectivity index (χ1) is 14.3. The molecule has 3 aromatic rings. The third kappa shape index (κ3) is 5.51. The lowest BCUT2D eigenvalue weighted by atomic mass is 10.1. The van der Waals surface area contributed by atoms with Gasteiger partial charge in [0.2, 0.25) is 5.91 Å². The summed E-state index contributed by atoms with van der Waals surface area (Å²) in [5.41, 5.74) is 5.53. The molecule has 0 aliphatic heterocycles. The maximum absolute atomic E-state index is 12.6. The summed E-state index contributed by atoms with van der Waals surface area (Å²) in [6.07, 6.45) is 0. The number of rotatable bonds is 6. The van der Waals surface area contributed by atoms with Crippen LogP contribution in [-0.2, 0) is 4.79 Å². The molecule has 0 saturated heterocycles. The zero-order valence-corrected chi connectivity index (χ0v) is 18.5. The molecule has 2 amide bonds. The Kier molecular flexibility index (Phi) is 6.95. The molecule has 2 N–H and O–H groups in total. The van der Waals surface area contributed by atoms with Crippen molar-refractivity contribution >= 4 is 35.0 Å². The van der Waals surface area contributed by atoms with E-state index in [0.717, 1.165) is 33.0 Å². The second kappa shape index (κ2) is 9.63. The minimum atomic E-state index is -0.252. The van der Waals surface area contributed by atoms with Crippen LogP contribution < -0.4 is 10.6 Å². The molecule has 0 saturated carbocycles. The molecule has 3 aromatic carbocycles. The average Bonchev–Trinajstić information content (AvgIpc) is 2.73. The highest BCUT2D eigenvalue weighted by atomic mass is 32.2. The lowest BCUT2D eigenvalue weighted by Crippen LogP contribution is -2.22. The molecular weight excluding hydrogens is 392 g/mol. The van der Waals surface area contributed by atoms with Crippen LogP contribution in [0.2, 0.25) is 0 Å². The number of anilines is 2. The van der Waals surface area contributed by atoms with Crippen molar-refractivity contribution < 1.29 is 9.59 Å². The smallest absolute Gasteiger partial charge is 0.255 e. The number of thioether (sulfide) groups is 1. The summed E-state index contributed by atoms with van der Waals surface area (Å²) in [6.45, 7) is 7.91. The molecule has 30 heavy (non-hydrogen) atoms. The van der Waals surface area contributed by atoms with Gasteiger partial charge >= 0.3 is 0 Å². The van der Waals surface area contributed by atoms with E-state index < -0.39 is 0 Å². The molecule has 0 aromatic heterocycles. The molecule has 0 bridgehead atoms. The van der Waals surface area contributed by atoms with Gasteiger partial charge in [0.25, 0.3) is 5.91 Å². The van der Waals surface area contributed by atoms with E-state index >= 15 is 0 Å². The Hall–Kier alpha value is -3.05. The van der Waals surface area contributed by atoms with Crippen LogP contribution in [0.4, 0.5) is 11.4 Å². The third-order valence-electron chi connectivity index (χ3n) is 4.97. The molecule has 154 valence electrons. The first-order valence-corrected chi connectivity index (χ1v) is 10.7. The first kappa shape index (κ1) is 21.7. The van der Waals surface area contributed by atoms with Crippen molar-refractivity contribution in [2.24, 2.45) is 0 Å². The molecular formula is C25H26N2O2S. The fraction of sp³-hybridized carbons (Fsp3) is 0.200. The summed E-state index contributed by atoms with van der Waals surface area (Å²) in [5.74, 6) is -0.179. The van der Waals surface area contributed by atoms with Crippen molar-refractivity contribution in [1.82, 2.24) is 0 Å². The molecule has 5 heteroatoms. The SMILES string of the molecule is Cc1ccc(C(=O)Nc2ccc(SC(C)C(=O)Nc3cccc(C)c3C)cc2)cc1. The van der Waals surface area contributed by atoms with Gasteiger partial charge in [0, 0.05) is 21.8 Å². The quantitative estimate of drug-likeness (QED) is 0.484. The molecule has 3 rings (SSSR count). The van der Waals surface area contributed by atoms with E-state index in [9.17, 15) is 9.59 Å². The number of hydrogen-bond acceptors (Lipinski definition) is 3. The van der Waals surface area contributed by atoms with Crippen LogP contribution in [-0.4, -0.2) is 17.1 Å². The fourth-order valence-electron chi connectivity index (χ4n) is 2.90. The molecule has 0 spiro atoms. The van der Waals surface area contributed by atoms with Crippen LogP contribution >= 0.6 is 11.8 Å². The Bertz CT molecular complexity index is 1040. The largest absolute Gasteiger partial charge is 0.325 e. The van der Waals surface area contributed by atoms with Crippen molar-refractivity contribution in [2.45, 2.75) is 37.8 Å². The summed E-state index contributed by atoms with van der Waals surface area (Å²) in [7, 11) is 0. The predicted octanol–water partition coefficient (Wildman–Crippen LogP) is 5.98. The maximum atomic E-state index is 12.6. The topological polar surface area (TPSA) is 58.2 Å². The molecule has 0 fully saturated rings. The molecule has 0 aliphatic carbocycles. The van der Waals surface area contributed by atoms with Crippen molar-refractivity contribution in [3.8, 4) is 0 Å². The van der Waals surface area contributed by atoms with Crippen LogP contribution in [0.1, 0.15) is 34.0 Å². The fourth-order valence-corrected chi connectivity index (χ4v) is 3.77. The highest BCUT2D eigenvalue weighted by molar-refractivity contribution is 8.00. The van der Waals surface area contributed by atoms with E-state index in [1.807, 2.05) is 94.4 Å². The number of carbonyl (C=O) groups is 2. The zero-order valence-electron chi connectivity index (χ0n) is 17.7. The number of amides is 2. The summed E-state index contributed by atoms with van der Waals surface area (Å²) >= 11 is 1.48. The average molecular weight is 419 g/mol. The van der Waals surface area contributed by atoms with Crippen LogP contribution in [0.15, 0.2) is 71.6 Å². The molecule has 0 aliphatic rings. The van der Waals surface area contributed by atoms with Gasteiger partial charge in [-0.2, -0.15) is 0 Å². The zero-order chi connectivity index (χ0) is 21.7. The Balaban J connectivity index is 1.58. The second-order valence-corrected chi connectivity index (χ2v) is 8.76. The van der Waals surface area contributed by atoms with Gasteiger partial charge in [-0.05, 0) is 81.3 Å². The Morgan fingerprint density at radius 2 is 1.50 bits per heavy atom. The first-order valence-electron chi connectivity index (χ1n) is 9.85. The summed E-state index contributed by atoms with van der Waals surface area (Å²) in [4.78, 5) is 25.9. The third-order valence-corrected chi connectivity index (χ3v) is 6.08. The molecule has 0 radical (unpaired) electrons. The van der Waals surface area contributed by atoms with E-state index in [-0.39, 0.29) is 17.1 Å². The van der Waals surface area contributed by atoms with Crippen molar-refractivity contribution in [3.05, 3.63) is 89.0 Å². The monoisotopic (exact) mass is 418 g/mol. The minimum absolute atomic E-state index is 0.0366. The van der Waals surface area contributed by atoms with Gasteiger partial charge in [-0.25, -0.2) is 0 Å². The van der Waals surface area contributed by atoms with Gasteiger partial charge in [-0.1, -0.05) is 29.8 Å². The number of aryl methyl sites for hydroxylation is 2. The van der Waals surface area contributed by atoms with Crippen molar-refractivity contribution in [3.63, 3.8) is 0 Å². The Morgan fingerprint density at radius 3 is 2.17 bits per heavy atom. The van der Waals surface area contributed by atoms with Crippen molar-refractivity contribution in [1.29, 1.82) is 0 Å². The van der Waals surface area contributed by atoms with E-state index in [2.05, 4.69) is 10.6 Å². The highest BCUT2D eigenvalue weighted by Gasteiger charge is 2.16. The van der Waals surface area contributed by atoms with E-state index in [1.54, 1.807) is 0 Å². The molecule has 1 atom stereocenters. The molecule has 0 heterocycles. The van der Waals surface area contributed by atoms with E-state index in [4.69, 9.17) is 0 Å². The minimum Gasteiger partial charge on any atom is -0.325 e.